The Morgan fingerprint density at radius 3 is 2.69 bits per heavy atom. The molecule has 0 bridgehead atoms. The van der Waals surface area contributed by atoms with Crippen molar-refractivity contribution in [1.82, 2.24) is 14.7 Å². The largest absolute Gasteiger partial charge is 0.454 e. The lowest BCUT2D eigenvalue weighted by Gasteiger charge is -2.22. The molecule has 6 heteroatoms. The van der Waals surface area contributed by atoms with Crippen molar-refractivity contribution in [2.45, 2.75) is 20.0 Å². The molecule has 1 aliphatic rings. The van der Waals surface area contributed by atoms with Crippen LogP contribution in [0.3, 0.4) is 0 Å². The first kappa shape index (κ1) is 16.2. The number of ether oxygens (including phenoxy) is 2. The fourth-order valence-corrected chi connectivity index (χ4v) is 2.99. The van der Waals surface area contributed by atoms with Crippen LogP contribution in [0.15, 0.2) is 60.8 Å². The van der Waals surface area contributed by atoms with Crippen LogP contribution in [0.5, 0.6) is 11.5 Å². The Labute approximate surface area is 151 Å². The molecule has 0 atom stereocenters. The summed E-state index contributed by atoms with van der Waals surface area (Å²) < 4.78 is 12.6. The number of fused-ring (bicyclic) bond motifs is 1. The van der Waals surface area contributed by atoms with E-state index in [0.717, 1.165) is 28.4 Å². The van der Waals surface area contributed by atoms with Gasteiger partial charge in [-0.25, -0.2) is 4.68 Å². The monoisotopic (exact) mass is 349 g/mol. The normalized spacial score (nSPS) is 12.2. The second kappa shape index (κ2) is 6.92. The maximum atomic E-state index is 12.2. The van der Waals surface area contributed by atoms with E-state index in [2.05, 4.69) is 5.10 Å². The summed E-state index contributed by atoms with van der Waals surface area (Å²) in [7, 11) is 0. The smallest absolute Gasteiger partial charge is 0.231 e. The summed E-state index contributed by atoms with van der Waals surface area (Å²) in [6.45, 7) is 2.78. The third-order valence-electron chi connectivity index (χ3n) is 4.33. The lowest BCUT2D eigenvalue weighted by atomic mass is 10.2. The highest BCUT2D eigenvalue weighted by Crippen LogP contribution is 2.33. The lowest BCUT2D eigenvalue weighted by Crippen LogP contribution is -2.28. The zero-order valence-electron chi connectivity index (χ0n) is 14.5. The Balaban J connectivity index is 1.55. The van der Waals surface area contributed by atoms with Gasteiger partial charge in [0.15, 0.2) is 11.5 Å². The molecule has 26 heavy (non-hydrogen) atoms. The van der Waals surface area contributed by atoms with Gasteiger partial charge in [0.25, 0.3) is 0 Å². The number of rotatable bonds is 5. The average Bonchev–Trinajstić information content (AvgIpc) is 3.30. The summed E-state index contributed by atoms with van der Waals surface area (Å²) in [6, 6.07) is 17.6. The topological polar surface area (TPSA) is 56.6 Å². The van der Waals surface area contributed by atoms with Crippen LogP contribution in [-0.4, -0.2) is 27.4 Å². The molecule has 1 amide bonds. The quantitative estimate of drug-likeness (QED) is 0.710. The molecular formula is C20H19N3O3. The fraction of sp³-hybridized carbons (Fsp3) is 0.200. The molecular weight excluding hydrogens is 330 g/mol. The van der Waals surface area contributed by atoms with E-state index in [1.165, 1.54) is 0 Å². The number of carbonyl (C=O) groups excluding carboxylic acids is 1. The highest BCUT2D eigenvalue weighted by atomic mass is 16.7. The predicted octanol–water partition coefficient (Wildman–Crippen LogP) is 3.15. The molecule has 6 nitrogen and oxygen atoms in total. The van der Waals surface area contributed by atoms with Crippen LogP contribution in [0.4, 0.5) is 0 Å². The molecule has 0 aliphatic carbocycles. The van der Waals surface area contributed by atoms with Crippen molar-refractivity contribution < 1.29 is 14.3 Å². The van der Waals surface area contributed by atoms with Crippen LogP contribution in [0.2, 0.25) is 0 Å². The van der Waals surface area contributed by atoms with Crippen LogP contribution in [0.25, 0.3) is 5.69 Å². The maximum absolute atomic E-state index is 12.2. The molecule has 0 radical (unpaired) electrons. The van der Waals surface area contributed by atoms with Crippen molar-refractivity contribution in [3.05, 3.63) is 72.1 Å². The van der Waals surface area contributed by atoms with Crippen molar-refractivity contribution in [2.24, 2.45) is 0 Å². The SMILES string of the molecule is CC(=O)N(Cc1ccc2c(c1)OCO2)Cc1ccnn1-c1ccccc1. The molecule has 0 saturated heterocycles. The number of nitrogens with zero attached hydrogens (tertiary/aromatic N) is 3. The van der Waals surface area contributed by atoms with Gasteiger partial charge in [0, 0.05) is 19.7 Å². The maximum Gasteiger partial charge on any atom is 0.231 e. The summed E-state index contributed by atoms with van der Waals surface area (Å²) >= 11 is 0. The van der Waals surface area contributed by atoms with Gasteiger partial charge in [-0.1, -0.05) is 24.3 Å². The van der Waals surface area contributed by atoms with Crippen molar-refractivity contribution in [3.8, 4) is 17.2 Å². The number of benzene rings is 2. The average molecular weight is 349 g/mol. The minimum Gasteiger partial charge on any atom is -0.454 e. The number of hydrogen-bond donors (Lipinski definition) is 0. The van der Waals surface area contributed by atoms with Crippen LogP contribution >= 0.6 is 0 Å². The van der Waals surface area contributed by atoms with Crippen LogP contribution in [-0.2, 0) is 17.9 Å². The van der Waals surface area contributed by atoms with Gasteiger partial charge in [0.05, 0.1) is 17.9 Å². The Bertz CT molecular complexity index is 921. The third-order valence-corrected chi connectivity index (χ3v) is 4.33. The minimum atomic E-state index is 0.00322. The zero-order chi connectivity index (χ0) is 17.9. The van der Waals surface area contributed by atoms with Gasteiger partial charge in [-0.15, -0.1) is 0 Å². The van der Waals surface area contributed by atoms with Gasteiger partial charge in [0.1, 0.15) is 0 Å². The van der Waals surface area contributed by atoms with Gasteiger partial charge in [0.2, 0.25) is 12.7 Å². The highest BCUT2D eigenvalue weighted by molar-refractivity contribution is 5.73. The number of aromatic nitrogens is 2. The number of hydrogen-bond acceptors (Lipinski definition) is 4. The predicted molar refractivity (Wildman–Crippen MR) is 96.1 cm³/mol. The van der Waals surface area contributed by atoms with E-state index in [4.69, 9.17) is 9.47 Å². The molecule has 2 heterocycles. The first-order chi connectivity index (χ1) is 12.7. The molecule has 0 spiro atoms. The standard InChI is InChI=1S/C20H19N3O3/c1-15(24)22(12-16-7-8-19-20(11-16)26-14-25-19)13-18-9-10-21-23(18)17-5-3-2-4-6-17/h2-11H,12-14H2,1H3. The van der Waals surface area contributed by atoms with Crippen molar-refractivity contribution in [2.75, 3.05) is 6.79 Å². The molecule has 4 rings (SSSR count). The van der Waals surface area contributed by atoms with Crippen LogP contribution in [0.1, 0.15) is 18.2 Å². The van der Waals surface area contributed by atoms with Crippen molar-refractivity contribution >= 4 is 5.91 Å². The first-order valence-electron chi connectivity index (χ1n) is 8.43. The Kier molecular flexibility index (Phi) is 4.31. The Hall–Kier alpha value is -3.28. The summed E-state index contributed by atoms with van der Waals surface area (Å²) in [5, 5.41) is 4.40. The summed E-state index contributed by atoms with van der Waals surface area (Å²) in [5.74, 6) is 1.47. The van der Waals surface area contributed by atoms with Crippen LogP contribution < -0.4 is 9.47 Å². The van der Waals surface area contributed by atoms with Gasteiger partial charge in [-0.2, -0.15) is 5.10 Å². The molecule has 0 unspecified atom stereocenters. The van der Waals surface area contributed by atoms with E-state index < -0.39 is 0 Å². The van der Waals surface area contributed by atoms with E-state index in [1.54, 1.807) is 18.0 Å². The van der Waals surface area contributed by atoms with Gasteiger partial charge in [-0.3, -0.25) is 4.79 Å². The lowest BCUT2D eigenvalue weighted by molar-refractivity contribution is -0.130. The van der Waals surface area contributed by atoms with E-state index in [1.807, 2.05) is 59.3 Å². The second-order valence-corrected chi connectivity index (χ2v) is 6.13. The van der Waals surface area contributed by atoms with Crippen molar-refractivity contribution in [3.63, 3.8) is 0 Å². The molecule has 0 N–H and O–H groups in total. The number of amides is 1. The molecule has 132 valence electrons. The molecule has 3 aromatic rings. The van der Waals surface area contributed by atoms with E-state index in [-0.39, 0.29) is 12.7 Å². The fourth-order valence-electron chi connectivity index (χ4n) is 2.99. The first-order valence-corrected chi connectivity index (χ1v) is 8.43. The molecule has 0 saturated carbocycles. The van der Waals surface area contributed by atoms with Gasteiger partial charge in [-0.05, 0) is 35.9 Å². The molecule has 1 aromatic heterocycles. The highest BCUT2D eigenvalue weighted by Gasteiger charge is 2.17. The molecule has 0 fully saturated rings. The third kappa shape index (κ3) is 3.26. The van der Waals surface area contributed by atoms with Gasteiger partial charge < -0.3 is 14.4 Å². The summed E-state index contributed by atoms with van der Waals surface area (Å²) in [5.41, 5.74) is 2.92. The molecule has 2 aromatic carbocycles. The number of carbonyl (C=O) groups is 1. The summed E-state index contributed by atoms with van der Waals surface area (Å²) in [4.78, 5) is 14.0. The van der Waals surface area contributed by atoms with E-state index in [0.29, 0.717) is 13.1 Å². The number of para-hydroxylation sites is 1. The van der Waals surface area contributed by atoms with Crippen LogP contribution in [0, 0.1) is 0 Å². The Morgan fingerprint density at radius 2 is 1.88 bits per heavy atom. The van der Waals surface area contributed by atoms with Crippen molar-refractivity contribution in [1.29, 1.82) is 0 Å². The second-order valence-electron chi connectivity index (χ2n) is 6.13. The van der Waals surface area contributed by atoms with E-state index in [9.17, 15) is 4.79 Å². The zero-order valence-corrected chi connectivity index (χ0v) is 14.5. The Morgan fingerprint density at radius 1 is 1.08 bits per heavy atom. The molecule has 1 aliphatic heterocycles. The summed E-state index contributed by atoms with van der Waals surface area (Å²) in [6.07, 6.45) is 1.75. The minimum absolute atomic E-state index is 0.00322. The van der Waals surface area contributed by atoms with E-state index >= 15 is 0 Å². The van der Waals surface area contributed by atoms with Gasteiger partial charge >= 0.3 is 0 Å².